The van der Waals surface area contributed by atoms with E-state index in [1.54, 1.807) is 7.11 Å². The van der Waals surface area contributed by atoms with E-state index in [4.69, 9.17) is 27.2 Å². The quantitative estimate of drug-likeness (QED) is 0.373. The molecule has 1 aliphatic heterocycles. The van der Waals surface area contributed by atoms with Gasteiger partial charge in [-0.3, -0.25) is 10.2 Å². The van der Waals surface area contributed by atoms with E-state index >= 15 is 0 Å². The van der Waals surface area contributed by atoms with Gasteiger partial charge in [-0.15, -0.1) is 0 Å². The largest absolute Gasteiger partial charge is 0.497 e. The van der Waals surface area contributed by atoms with Gasteiger partial charge in [0.2, 0.25) is 0 Å². The lowest BCUT2D eigenvalue weighted by Gasteiger charge is -2.38. The van der Waals surface area contributed by atoms with Crippen LogP contribution in [-0.2, 0) is 4.79 Å². The fourth-order valence-electron chi connectivity index (χ4n) is 3.65. The predicted molar refractivity (Wildman–Crippen MR) is 118 cm³/mol. The van der Waals surface area contributed by atoms with Crippen LogP contribution in [0.5, 0.6) is 5.75 Å². The molecule has 0 bridgehead atoms. The van der Waals surface area contributed by atoms with Crippen molar-refractivity contribution in [2.45, 2.75) is 6.04 Å². The SMILES string of the molecule is COc1ccc(C2=Nc3cc(Cl)ccc3[C@@H](c3ccccc3)N2CC(=O)NN)cc1. The number of amidine groups is 1. The highest BCUT2D eigenvalue weighted by molar-refractivity contribution is 6.30. The van der Waals surface area contributed by atoms with Crippen LogP contribution >= 0.6 is 11.6 Å². The number of carbonyl (C=O) groups is 1. The lowest BCUT2D eigenvalue weighted by Crippen LogP contribution is -2.46. The molecule has 4 rings (SSSR count). The molecule has 0 aliphatic carbocycles. The van der Waals surface area contributed by atoms with Gasteiger partial charge in [-0.2, -0.15) is 0 Å². The number of nitrogens with two attached hydrogens (primary N) is 1. The van der Waals surface area contributed by atoms with E-state index in [-0.39, 0.29) is 18.5 Å². The normalized spacial score (nSPS) is 15.2. The second-order valence-corrected chi connectivity index (χ2v) is 7.31. The molecular formula is C23H21ClN4O2. The first-order chi connectivity index (χ1) is 14.6. The highest BCUT2D eigenvalue weighted by Crippen LogP contribution is 2.41. The molecular weight excluding hydrogens is 400 g/mol. The number of fused-ring (bicyclic) bond motifs is 1. The van der Waals surface area contributed by atoms with Crippen LogP contribution in [0.15, 0.2) is 77.8 Å². The van der Waals surface area contributed by atoms with E-state index in [0.29, 0.717) is 10.9 Å². The third-order valence-electron chi connectivity index (χ3n) is 5.04. The Hall–Kier alpha value is -3.35. The van der Waals surface area contributed by atoms with Gasteiger partial charge in [0, 0.05) is 16.1 Å². The Labute approximate surface area is 179 Å². The minimum atomic E-state index is -0.311. The van der Waals surface area contributed by atoms with Gasteiger partial charge >= 0.3 is 0 Å². The van der Waals surface area contributed by atoms with Gasteiger partial charge in [-0.05, 0) is 42.0 Å². The fourth-order valence-corrected chi connectivity index (χ4v) is 3.81. The monoisotopic (exact) mass is 420 g/mol. The Morgan fingerprint density at radius 3 is 2.53 bits per heavy atom. The van der Waals surface area contributed by atoms with Crippen molar-refractivity contribution in [3.8, 4) is 5.75 Å². The van der Waals surface area contributed by atoms with Crippen molar-refractivity contribution < 1.29 is 9.53 Å². The summed E-state index contributed by atoms with van der Waals surface area (Å²) in [5.41, 5.74) is 5.85. The summed E-state index contributed by atoms with van der Waals surface area (Å²) < 4.78 is 5.28. The van der Waals surface area contributed by atoms with Crippen LogP contribution in [0, 0.1) is 0 Å². The van der Waals surface area contributed by atoms with Gasteiger partial charge < -0.3 is 9.64 Å². The van der Waals surface area contributed by atoms with Crippen molar-refractivity contribution in [3.63, 3.8) is 0 Å². The van der Waals surface area contributed by atoms with Crippen molar-refractivity contribution in [1.82, 2.24) is 10.3 Å². The molecule has 0 fully saturated rings. The van der Waals surface area contributed by atoms with Gasteiger partial charge in [0.25, 0.3) is 5.91 Å². The molecule has 0 saturated carbocycles. The third-order valence-corrected chi connectivity index (χ3v) is 5.27. The van der Waals surface area contributed by atoms with E-state index in [9.17, 15) is 4.79 Å². The average Bonchev–Trinajstić information content (AvgIpc) is 2.79. The number of halogens is 1. The Morgan fingerprint density at radius 2 is 1.87 bits per heavy atom. The smallest absolute Gasteiger partial charge is 0.253 e. The number of amides is 1. The molecule has 0 saturated heterocycles. The zero-order valence-electron chi connectivity index (χ0n) is 16.4. The molecule has 0 radical (unpaired) electrons. The maximum atomic E-state index is 12.3. The third kappa shape index (κ3) is 3.87. The number of hydrogen-bond donors (Lipinski definition) is 2. The highest BCUT2D eigenvalue weighted by Gasteiger charge is 2.33. The summed E-state index contributed by atoms with van der Waals surface area (Å²) in [5.74, 6) is 6.50. The molecule has 0 spiro atoms. The van der Waals surface area contributed by atoms with Gasteiger partial charge in [-0.1, -0.05) is 48.0 Å². The molecule has 1 atom stereocenters. The lowest BCUT2D eigenvalue weighted by atomic mass is 9.93. The summed E-state index contributed by atoms with van der Waals surface area (Å²) >= 11 is 6.27. The van der Waals surface area contributed by atoms with Crippen LogP contribution in [0.25, 0.3) is 0 Å². The number of aliphatic imine (C=N–C) groups is 1. The van der Waals surface area contributed by atoms with Gasteiger partial charge in [0.1, 0.15) is 18.1 Å². The summed E-state index contributed by atoms with van der Waals surface area (Å²) in [7, 11) is 1.62. The Balaban J connectivity index is 1.91. The molecule has 3 N–H and O–H groups in total. The van der Waals surface area contributed by atoms with Crippen LogP contribution in [0.1, 0.15) is 22.7 Å². The summed E-state index contributed by atoms with van der Waals surface area (Å²) in [4.78, 5) is 19.2. The van der Waals surface area contributed by atoms with Crippen LogP contribution in [0.3, 0.4) is 0 Å². The van der Waals surface area contributed by atoms with Crippen LogP contribution in [-0.4, -0.2) is 30.3 Å². The van der Waals surface area contributed by atoms with Crippen LogP contribution in [0.4, 0.5) is 5.69 Å². The molecule has 0 aromatic heterocycles. The first-order valence-electron chi connectivity index (χ1n) is 9.44. The molecule has 1 aliphatic rings. The van der Waals surface area contributed by atoms with Crippen molar-refractivity contribution >= 4 is 29.0 Å². The number of methoxy groups -OCH3 is 1. The molecule has 0 unspecified atom stereocenters. The molecule has 1 heterocycles. The maximum Gasteiger partial charge on any atom is 0.253 e. The average molecular weight is 421 g/mol. The Morgan fingerprint density at radius 1 is 1.13 bits per heavy atom. The van der Waals surface area contributed by atoms with E-state index in [0.717, 1.165) is 28.1 Å². The zero-order valence-corrected chi connectivity index (χ0v) is 17.1. The van der Waals surface area contributed by atoms with Crippen molar-refractivity contribution in [2.24, 2.45) is 10.8 Å². The summed E-state index contributed by atoms with van der Waals surface area (Å²) in [6.45, 7) is 0.0446. The second kappa shape index (κ2) is 8.57. The molecule has 152 valence electrons. The van der Waals surface area contributed by atoms with Crippen molar-refractivity contribution in [1.29, 1.82) is 0 Å². The molecule has 3 aromatic rings. The highest BCUT2D eigenvalue weighted by atomic mass is 35.5. The van der Waals surface area contributed by atoms with Crippen molar-refractivity contribution in [2.75, 3.05) is 13.7 Å². The number of benzene rings is 3. The first-order valence-corrected chi connectivity index (χ1v) is 9.82. The topological polar surface area (TPSA) is 80.0 Å². The summed E-state index contributed by atoms with van der Waals surface area (Å²) in [5, 5.41) is 0.603. The number of carbonyl (C=O) groups excluding carboxylic acids is 1. The van der Waals surface area contributed by atoms with Crippen molar-refractivity contribution in [3.05, 3.63) is 94.5 Å². The van der Waals surface area contributed by atoms with Crippen LogP contribution in [0.2, 0.25) is 5.02 Å². The van der Waals surface area contributed by atoms with E-state index in [2.05, 4.69) is 5.43 Å². The number of rotatable bonds is 5. The molecule has 1 amide bonds. The standard InChI is InChI=1S/C23H21ClN4O2/c1-30-18-10-7-16(8-11-18)23-26-20-13-17(24)9-12-19(20)22(15-5-3-2-4-6-15)28(23)14-21(29)27-25/h2-13,22H,14,25H2,1H3,(H,27,29)/t22-/m1/s1. The van der Waals surface area contributed by atoms with Gasteiger partial charge in [-0.25, -0.2) is 10.8 Å². The van der Waals surface area contributed by atoms with E-state index < -0.39 is 0 Å². The first kappa shape index (κ1) is 19.9. The maximum absolute atomic E-state index is 12.3. The molecule has 7 heteroatoms. The van der Waals surface area contributed by atoms with E-state index in [1.807, 2.05) is 77.7 Å². The molecule has 30 heavy (non-hydrogen) atoms. The second-order valence-electron chi connectivity index (χ2n) is 6.88. The number of nitrogens with zero attached hydrogens (tertiary/aromatic N) is 2. The molecule has 6 nitrogen and oxygen atoms in total. The fraction of sp³-hybridized carbons (Fsp3) is 0.130. The van der Waals surface area contributed by atoms with Gasteiger partial charge in [0.15, 0.2) is 0 Å². The summed E-state index contributed by atoms with van der Waals surface area (Å²) in [6.07, 6.45) is 0. The number of hydrogen-bond acceptors (Lipinski definition) is 5. The van der Waals surface area contributed by atoms with Crippen LogP contribution < -0.4 is 16.0 Å². The minimum Gasteiger partial charge on any atom is -0.497 e. The predicted octanol–water partition coefficient (Wildman–Crippen LogP) is 3.82. The minimum absolute atomic E-state index is 0.0446. The van der Waals surface area contributed by atoms with E-state index in [1.165, 1.54) is 0 Å². The number of nitrogens with one attached hydrogen (secondary N) is 1. The summed E-state index contributed by atoms with van der Waals surface area (Å²) in [6, 6.07) is 23.0. The molecule has 3 aromatic carbocycles. The Kier molecular flexibility index (Phi) is 5.70. The lowest BCUT2D eigenvalue weighted by molar-refractivity contribution is -0.121. The number of hydrazine groups is 1. The van der Waals surface area contributed by atoms with Gasteiger partial charge in [0.05, 0.1) is 18.8 Å². The Bertz CT molecular complexity index is 1080. The zero-order chi connectivity index (χ0) is 21.1. The number of ether oxygens (including phenoxy) is 1.